The molecule has 6 nitrogen and oxygen atoms in total. The van der Waals surface area contributed by atoms with E-state index in [4.69, 9.17) is 5.11 Å². The van der Waals surface area contributed by atoms with Crippen molar-refractivity contribution in [2.75, 3.05) is 10.5 Å². The molecule has 0 spiro atoms. The van der Waals surface area contributed by atoms with Crippen molar-refractivity contribution >= 4 is 42.7 Å². The van der Waals surface area contributed by atoms with Gasteiger partial charge < -0.3 is 5.11 Å². The first-order valence-corrected chi connectivity index (χ1v) is 8.54. The van der Waals surface area contributed by atoms with Crippen LogP contribution in [0, 0.1) is 5.92 Å². The zero-order valence-corrected chi connectivity index (χ0v) is 12.0. The lowest BCUT2D eigenvalue weighted by Gasteiger charge is -2.02. The molecule has 0 amide bonds. The molecular weight excluding hydrogens is 300 g/mol. The Bertz CT molecular complexity index is 778. The van der Waals surface area contributed by atoms with Crippen LogP contribution in [0.2, 0.25) is 0 Å². The summed E-state index contributed by atoms with van der Waals surface area (Å²) in [5, 5.41) is 9.20. The third-order valence-corrected chi connectivity index (χ3v) is 5.51. The van der Waals surface area contributed by atoms with Crippen molar-refractivity contribution < 1.29 is 18.3 Å². The fourth-order valence-corrected chi connectivity index (χ4v) is 4.52. The molecule has 20 heavy (non-hydrogen) atoms. The van der Waals surface area contributed by atoms with E-state index in [-0.39, 0.29) is 22.4 Å². The summed E-state index contributed by atoms with van der Waals surface area (Å²) in [5.41, 5.74) is 0.748. The largest absolute Gasteiger partial charge is 0.478 e. The molecule has 1 aromatic carbocycles. The Hall–Kier alpha value is -1.67. The lowest BCUT2D eigenvalue weighted by atomic mass is 10.2. The maximum atomic E-state index is 11.9. The van der Waals surface area contributed by atoms with Crippen molar-refractivity contribution in [3.05, 3.63) is 23.8 Å². The van der Waals surface area contributed by atoms with Crippen molar-refractivity contribution in [1.82, 2.24) is 4.98 Å². The Morgan fingerprint density at radius 1 is 1.45 bits per heavy atom. The summed E-state index contributed by atoms with van der Waals surface area (Å²) in [6.45, 7) is 0. The van der Waals surface area contributed by atoms with E-state index in [1.54, 1.807) is 6.07 Å². The Balaban J connectivity index is 1.86. The predicted molar refractivity (Wildman–Crippen MR) is 76.7 cm³/mol. The summed E-state index contributed by atoms with van der Waals surface area (Å²) in [6, 6.07) is 4.52. The van der Waals surface area contributed by atoms with Crippen LogP contribution in [0.3, 0.4) is 0 Å². The highest BCUT2D eigenvalue weighted by molar-refractivity contribution is 7.92. The highest BCUT2D eigenvalue weighted by Gasteiger charge is 2.28. The normalized spacial score (nSPS) is 15.4. The van der Waals surface area contributed by atoms with E-state index in [0.29, 0.717) is 10.2 Å². The molecule has 1 aliphatic rings. The molecule has 1 aliphatic carbocycles. The number of benzene rings is 1. The number of carboxylic acid groups (broad SMARTS) is 1. The van der Waals surface area contributed by atoms with Crippen LogP contribution < -0.4 is 4.72 Å². The second-order valence-electron chi connectivity index (χ2n) is 4.83. The predicted octanol–water partition coefficient (Wildman–Crippen LogP) is 2.15. The van der Waals surface area contributed by atoms with Gasteiger partial charge >= 0.3 is 5.97 Å². The Morgan fingerprint density at radius 2 is 2.20 bits per heavy atom. The molecule has 1 fully saturated rings. The van der Waals surface area contributed by atoms with Crippen LogP contribution in [0.4, 0.5) is 5.13 Å². The number of aromatic carboxylic acids is 1. The fraction of sp³-hybridized carbons (Fsp3) is 0.333. The number of carboxylic acids is 1. The number of hydrogen-bond acceptors (Lipinski definition) is 5. The molecule has 1 saturated carbocycles. The molecule has 106 valence electrons. The SMILES string of the molecule is O=C(O)c1ccc2nc(NS(=O)(=O)CC3CC3)sc2c1. The summed E-state index contributed by atoms with van der Waals surface area (Å²) in [7, 11) is -3.36. The average molecular weight is 312 g/mol. The molecule has 2 aromatic rings. The molecule has 1 heterocycles. The second kappa shape index (κ2) is 4.71. The van der Waals surface area contributed by atoms with E-state index in [1.807, 2.05) is 0 Å². The van der Waals surface area contributed by atoms with E-state index in [0.717, 1.165) is 24.2 Å². The van der Waals surface area contributed by atoms with Crippen LogP contribution >= 0.6 is 11.3 Å². The van der Waals surface area contributed by atoms with E-state index in [2.05, 4.69) is 9.71 Å². The summed E-state index contributed by atoms with van der Waals surface area (Å²) in [6.07, 6.45) is 1.92. The minimum absolute atomic E-state index is 0.128. The van der Waals surface area contributed by atoms with Gasteiger partial charge in [-0.3, -0.25) is 4.72 Å². The van der Waals surface area contributed by atoms with Gasteiger partial charge in [0.2, 0.25) is 10.0 Å². The molecule has 2 N–H and O–H groups in total. The number of nitrogens with one attached hydrogen (secondary N) is 1. The molecule has 0 unspecified atom stereocenters. The number of thiazole rings is 1. The second-order valence-corrected chi connectivity index (χ2v) is 7.63. The van der Waals surface area contributed by atoms with Gasteiger partial charge in [-0.15, -0.1) is 0 Å². The lowest BCUT2D eigenvalue weighted by Crippen LogP contribution is -2.17. The number of carbonyl (C=O) groups is 1. The Labute approximate surface area is 119 Å². The summed E-state index contributed by atoms with van der Waals surface area (Å²) in [5.74, 6) is -0.625. The van der Waals surface area contributed by atoms with E-state index >= 15 is 0 Å². The third-order valence-electron chi connectivity index (χ3n) is 3.03. The zero-order valence-electron chi connectivity index (χ0n) is 10.4. The van der Waals surface area contributed by atoms with Crippen LogP contribution in [0.1, 0.15) is 23.2 Å². The minimum atomic E-state index is -3.36. The average Bonchev–Trinajstić information content (AvgIpc) is 3.05. The molecule has 0 atom stereocenters. The third kappa shape index (κ3) is 2.91. The molecule has 0 aliphatic heterocycles. The molecule has 0 radical (unpaired) electrons. The van der Waals surface area contributed by atoms with Gasteiger partial charge in [0.25, 0.3) is 0 Å². The van der Waals surface area contributed by atoms with Crippen LogP contribution in [0.5, 0.6) is 0 Å². The fourth-order valence-electron chi connectivity index (χ4n) is 1.87. The summed E-state index contributed by atoms with van der Waals surface area (Å²) < 4.78 is 26.8. The number of aromatic nitrogens is 1. The van der Waals surface area contributed by atoms with Gasteiger partial charge in [-0.1, -0.05) is 11.3 Å². The van der Waals surface area contributed by atoms with Crippen LogP contribution in [-0.2, 0) is 10.0 Å². The zero-order chi connectivity index (χ0) is 14.3. The minimum Gasteiger partial charge on any atom is -0.478 e. The number of rotatable bonds is 5. The maximum Gasteiger partial charge on any atom is 0.335 e. The van der Waals surface area contributed by atoms with Gasteiger partial charge in [0.05, 0.1) is 21.5 Å². The van der Waals surface area contributed by atoms with Gasteiger partial charge in [-0.25, -0.2) is 18.2 Å². The summed E-state index contributed by atoms with van der Waals surface area (Å²) >= 11 is 1.14. The van der Waals surface area contributed by atoms with Crippen molar-refractivity contribution in [2.24, 2.45) is 5.92 Å². The van der Waals surface area contributed by atoms with E-state index in [1.165, 1.54) is 12.1 Å². The highest BCUT2D eigenvalue weighted by Crippen LogP contribution is 2.32. The monoisotopic (exact) mass is 312 g/mol. The van der Waals surface area contributed by atoms with Crippen LogP contribution in [0.15, 0.2) is 18.2 Å². The van der Waals surface area contributed by atoms with Crippen LogP contribution in [-0.4, -0.2) is 30.2 Å². The number of sulfonamides is 1. The smallest absolute Gasteiger partial charge is 0.335 e. The first-order valence-electron chi connectivity index (χ1n) is 6.07. The van der Waals surface area contributed by atoms with Gasteiger partial charge in [-0.05, 0) is 37.0 Å². The molecule has 1 aromatic heterocycles. The molecule has 8 heteroatoms. The van der Waals surface area contributed by atoms with Crippen LogP contribution in [0.25, 0.3) is 10.2 Å². The van der Waals surface area contributed by atoms with Gasteiger partial charge in [-0.2, -0.15) is 0 Å². The molecule has 3 rings (SSSR count). The molecule has 0 bridgehead atoms. The number of anilines is 1. The topological polar surface area (TPSA) is 96.4 Å². The summed E-state index contributed by atoms with van der Waals surface area (Å²) in [4.78, 5) is 15.0. The van der Waals surface area contributed by atoms with E-state index < -0.39 is 16.0 Å². The molecular formula is C12H12N2O4S2. The lowest BCUT2D eigenvalue weighted by molar-refractivity contribution is 0.0697. The highest BCUT2D eigenvalue weighted by atomic mass is 32.2. The van der Waals surface area contributed by atoms with Crippen molar-refractivity contribution in [3.63, 3.8) is 0 Å². The Kier molecular flexibility index (Phi) is 3.14. The van der Waals surface area contributed by atoms with E-state index in [9.17, 15) is 13.2 Å². The van der Waals surface area contributed by atoms with Gasteiger partial charge in [0.1, 0.15) is 0 Å². The van der Waals surface area contributed by atoms with Crippen molar-refractivity contribution in [2.45, 2.75) is 12.8 Å². The van der Waals surface area contributed by atoms with Gasteiger partial charge in [0, 0.05) is 0 Å². The van der Waals surface area contributed by atoms with Gasteiger partial charge in [0.15, 0.2) is 5.13 Å². The first-order chi connectivity index (χ1) is 9.43. The standard InChI is InChI=1S/C12H12N2O4S2/c15-11(16)8-3-4-9-10(5-8)19-12(13-9)14-20(17,18)6-7-1-2-7/h3-5,7H,1-2,6H2,(H,13,14)(H,15,16). The van der Waals surface area contributed by atoms with Crippen molar-refractivity contribution in [1.29, 1.82) is 0 Å². The molecule has 0 saturated heterocycles. The Morgan fingerprint density at radius 3 is 2.85 bits per heavy atom. The number of nitrogens with zero attached hydrogens (tertiary/aromatic N) is 1. The maximum absolute atomic E-state index is 11.9. The quantitative estimate of drug-likeness (QED) is 0.881. The number of fused-ring (bicyclic) bond motifs is 1. The number of hydrogen-bond donors (Lipinski definition) is 2. The van der Waals surface area contributed by atoms with Crippen molar-refractivity contribution in [3.8, 4) is 0 Å². The first kappa shape index (κ1) is 13.3.